The number of carbonyl (C=O) groups is 1. The summed E-state index contributed by atoms with van der Waals surface area (Å²) in [7, 11) is 0. The molecule has 0 fully saturated rings. The van der Waals surface area contributed by atoms with E-state index >= 15 is 0 Å². The molecule has 0 radical (unpaired) electrons. The Bertz CT molecular complexity index is 357. The van der Waals surface area contributed by atoms with Gasteiger partial charge in [0.05, 0.1) is 11.9 Å². The summed E-state index contributed by atoms with van der Waals surface area (Å²) in [5, 5.41) is 0. The van der Waals surface area contributed by atoms with E-state index in [1.807, 2.05) is 0 Å². The van der Waals surface area contributed by atoms with Gasteiger partial charge in [-0.25, -0.2) is 4.39 Å². The second kappa shape index (κ2) is 1.99. The molecule has 0 amide bonds. The lowest BCUT2D eigenvalue weighted by Gasteiger charge is -1.93. The molecule has 1 aliphatic rings. The lowest BCUT2D eigenvalue weighted by Crippen LogP contribution is -1.93. The Balaban J connectivity index is 2.66. The molecule has 0 aromatic heterocycles. The van der Waals surface area contributed by atoms with Crippen molar-refractivity contribution < 1.29 is 9.18 Å². The van der Waals surface area contributed by atoms with Gasteiger partial charge in [-0.2, -0.15) is 0 Å². The second-order valence-electron chi connectivity index (χ2n) is 2.28. The molecule has 54 valence electrons. The summed E-state index contributed by atoms with van der Waals surface area (Å²) in [4.78, 5) is 14.6. The van der Waals surface area contributed by atoms with Gasteiger partial charge in [0.25, 0.3) is 0 Å². The minimum Gasteiger partial charge on any atom is -0.287 e. The maximum Gasteiger partial charge on any atom is 0.206 e. The van der Waals surface area contributed by atoms with Gasteiger partial charge in [0.1, 0.15) is 5.82 Å². The molecule has 0 bridgehead atoms. The highest BCUT2D eigenvalue weighted by molar-refractivity contribution is 6.39. The van der Waals surface area contributed by atoms with E-state index in [0.29, 0.717) is 11.3 Å². The molecule has 11 heavy (non-hydrogen) atoms. The predicted octanol–water partition coefficient (Wildman–Crippen LogP) is 1.72. The van der Waals surface area contributed by atoms with Gasteiger partial charge >= 0.3 is 0 Å². The molecule has 0 N–H and O–H groups in total. The van der Waals surface area contributed by atoms with E-state index in [1.54, 1.807) is 0 Å². The summed E-state index contributed by atoms with van der Waals surface area (Å²) in [5.74, 6) is -0.518. The third-order valence-electron chi connectivity index (χ3n) is 1.55. The van der Waals surface area contributed by atoms with E-state index < -0.39 is 0 Å². The van der Waals surface area contributed by atoms with Crippen LogP contribution in [0.2, 0.25) is 0 Å². The number of hydrogen-bond acceptors (Lipinski definition) is 2. The molecule has 2 nitrogen and oxygen atoms in total. The fraction of sp³-hybridized carbons (Fsp3) is 0. The van der Waals surface area contributed by atoms with Crippen molar-refractivity contribution in [3.63, 3.8) is 0 Å². The number of nitrogens with zero attached hydrogens (tertiary/aromatic N) is 1. The highest BCUT2D eigenvalue weighted by Crippen LogP contribution is 2.24. The first-order chi connectivity index (χ1) is 5.27. The topological polar surface area (TPSA) is 29.4 Å². The van der Waals surface area contributed by atoms with Gasteiger partial charge in [-0.3, -0.25) is 9.79 Å². The van der Waals surface area contributed by atoms with Gasteiger partial charge < -0.3 is 0 Å². The van der Waals surface area contributed by atoms with Crippen molar-refractivity contribution in [2.75, 3.05) is 0 Å². The number of aliphatic imine (C=N–C) groups is 1. The molecule has 0 atom stereocenters. The Morgan fingerprint density at radius 2 is 2.18 bits per heavy atom. The summed E-state index contributed by atoms with van der Waals surface area (Å²) in [6.07, 6.45) is 1.20. The van der Waals surface area contributed by atoms with Crippen LogP contribution in [0.1, 0.15) is 10.4 Å². The highest BCUT2D eigenvalue weighted by atomic mass is 19.1. The van der Waals surface area contributed by atoms with E-state index in [-0.39, 0.29) is 11.6 Å². The van der Waals surface area contributed by atoms with Gasteiger partial charge in [-0.05, 0) is 12.1 Å². The molecular weight excluding hydrogens is 145 g/mol. The van der Waals surface area contributed by atoms with Crippen LogP contribution < -0.4 is 0 Å². The van der Waals surface area contributed by atoms with Crippen LogP contribution in [0.4, 0.5) is 10.1 Å². The maximum atomic E-state index is 12.5. The first-order valence-electron chi connectivity index (χ1n) is 3.15. The molecule has 0 spiro atoms. The van der Waals surface area contributed by atoms with Crippen molar-refractivity contribution in [1.82, 2.24) is 0 Å². The average Bonchev–Trinajstić information content (AvgIpc) is 2.32. The molecular formula is C8H4FNO. The molecule has 0 saturated heterocycles. The number of rotatable bonds is 0. The molecule has 1 aliphatic heterocycles. The predicted molar refractivity (Wildman–Crippen MR) is 38.9 cm³/mol. The Hall–Kier alpha value is -1.51. The van der Waals surface area contributed by atoms with Crippen LogP contribution in [-0.4, -0.2) is 12.0 Å². The van der Waals surface area contributed by atoms with E-state index in [0.717, 1.165) is 0 Å². The van der Waals surface area contributed by atoms with E-state index in [4.69, 9.17) is 0 Å². The maximum absolute atomic E-state index is 12.5. The number of ketones is 1. The minimum absolute atomic E-state index is 0.153. The molecule has 1 aromatic carbocycles. The smallest absolute Gasteiger partial charge is 0.206 e. The second-order valence-corrected chi connectivity index (χ2v) is 2.28. The van der Waals surface area contributed by atoms with Crippen molar-refractivity contribution >= 4 is 17.7 Å². The SMILES string of the molecule is O=C1C=Nc2cc(F)ccc21. The van der Waals surface area contributed by atoms with Crippen LogP contribution >= 0.6 is 0 Å². The summed E-state index contributed by atoms with van der Waals surface area (Å²) >= 11 is 0. The van der Waals surface area contributed by atoms with Crippen LogP contribution in [0.5, 0.6) is 0 Å². The molecule has 0 saturated carbocycles. The number of hydrogen-bond donors (Lipinski definition) is 0. The number of Topliss-reactive ketones (excluding diaryl/α,β-unsaturated/α-hetero) is 1. The fourth-order valence-electron chi connectivity index (χ4n) is 1.02. The zero-order chi connectivity index (χ0) is 7.84. The highest BCUT2D eigenvalue weighted by Gasteiger charge is 2.14. The van der Waals surface area contributed by atoms with Crippen molar-refractivity contribution in [1.29, 1.82) is 0 Å². The molecule has 2 rings (SSSR count). The van der Waals surface area contributed by atoms with Crippen LogP contribution in [0.25, 0.3) is 0 Å². The normalized spacial score (nSPS) is 13.7. The van der Waals surface area contributed by atoms with Crippen molar-refractivity contribution in [3.8, 4) is 0 Å². The Kier molecular flexibility index (Phi) is 1.12. The summed E-state index contributed by atoms with van der Waals surface area (Å²) in [6, 6.07) is 3.95. The lowest BCUT2D eigenvalue weighted by molar-refractivity contribution is 0.107. The van der Waals surface area contributed by atoms with E-state index in [1.165, 1.54) is 24.4 Å². The Morgan fingerprint density at radius 1 is 1.36 bits per heavy atom. The van der Waals surface area contributed by atoms with Gasteiger partial charge in [-0.1, -0.05) is 0 Å². The van der Waals surface area contributed by atoms with Crippen molar-refractivity contribution in [3.05, 3.63) is 29.6 Å². The first-order valence-corrected chi connectivity index (χ1v) is 3.15. The number of halogens is 1. The van der Waals surface area contributed by atoms with Crippen molar-refractivity contribution in [2.45, 2.75) is 0 Å². The first kappa shape index (κ1) is 6.22. The van der Waals surface area contributed by atoms with Gasteiger partial charge in [0.2, 0.25) is 5.78 Å². The Morgan fingerprint density at radius 3 is 3.00 bits per heavy atom. The molecule has 1 heterocycles. The van der Waals surface area contributed by atoms with Crippen LogP contribution in [0.3, 0.4) is 0 Å². The van der Waals surface area contributed by atoms with Crippen LogP contribution in [0, 0.1) is 5.82 Å². The average molecular weight is 149 g/mol. The van der Waals surface area contributed by atoms with Gasteiger partial charge in [-0.15, -0.1) is 0 Å². The molecule has 0 unspecified atom stereocenters. The molecule has 3 heteroatoms. The fourth-order valence-corrected chi connectivity index (χ4v) is 1.02. The van der Waals surface area contributed by atoms with Crippen molar-refractivity contribution in [2.24, 2.45) is 4.99 Å². The van der Waals surface area contributed by atoms with Gasteiger partial charge in [0.15, 0.2) is 0 Å². The third-order valence-corrected chi connectivity index (χ3v) is 1.55. The number of benzene rings is 1. The summed E-state index contributed by atoms with van der Waals surface area (Å²) < 4.78 is 12.5. The van der Waals surface area contributed by atoms with Crippen LogP contribution in [0.15, 0.2) is 23.2 Å². The van der Waals surface area contributed by atoms with E-state index in [9.17, 15) is 9.18 Å². The number of fused-ring (bicyclic) bond motifs is 1. The summed E-state index contributed by atoms with van der Waals surface area (Å²) in [6.45, 7) is 0. The minimum atomic E-state index is -0.365. The Labute approximate surface area is 62.4 Å². The zero-order valence-electron chi connectivity index (χ0n) is 5.54. The molecule has 0 aliphatic carbocycles. The third kappa shape index (κ3) is 0.852. The van der Waals surface area contributed by atoms with Crippen LogP contribution in [-0.2, 0) is 0 Å². The lowest BCUT2D eigenvalue weighted by atomic mass is 10.1. The monoisotopic (exact) mass is 149 g/mol. The van der Waals surface area contributed by atoms with E-state index in [2.05, 4.69) is 4.99 Å². The number of carbonyl (C=O) groups excluding carboxylic acids is 1. The largest absolute Gasteiger partial charge is 0.287 e. The molecule has 1 aromatic rings. The standard InChI is InChI=1S/C8H4FNO/c9-5-1-2-6-7(3-5)10-4-8(6)11/h1-4H. The zero-order valence-corrected chi connectivity index (χ0v) is 5.54. The quantitative estimate of drug-likeness (QED) is 0.552. The summed E-state index contributed by atoms with van der Waals surface area (Å²) in [5.41, 5.74) is 0.904. The van der Waals surface area contributed by atoms with Gasteiger partial charge in [0, 0.05) is 11.6 Å².